The molecule has 2 aromatic carbocycles. The van der Waals surface area contributed by atoms with Crippen LogP contribution in [-0.4, -0.2) is 12.8 Å². The van der Waals surface area contributed by atoms with Gasteiger partial charge in [-0.2, -0.15) is 0 Å². The molecule has 0 atom stereocenters. The molecule has 0 saturated carbocycles. The van der Waals surface area contributed by atoms with Crippen LogP contribution in [0.25, 0.3) is 21.9 Å². The molecule has 0 amide bonds. The molecule has 1 heterocycles. The van der Waals surface area contributed by atoms with Crippen molar-refractivity contribution in [1.29, 1.82) is 0 Å². The summed E-state index contributed by atoms with van der Waals surface area (Å²) < 4.78 is 6.02. The number of hydrogen-bond acceptors (Lipinski definition) is 2. The molecule has 0 aliphatic heterocycles. The second-order valence-electron chi connectivity index (χ2n) is 4.55. The minimum absolute atomic E-state index is 0.863. The summed E-state index contributed by atoms with van der Waals surface area (Å²) in [5.41, 5.74) is 4.84. The fraction of sp³-hybridized carbons (Fsp3) is 0.118. The maximum Gasteiger partial charge on any atom is 0.145 e. The zero-order chi connectivity index (χ0) is 13.4. The van der Waals surface area contributed by atoms with Crippen molar-refractivity contribution in [3.05, 3.63) is 60.2 Å². The summed E-state index contributed by atoms with van der Waals surface area (Å²) in [6.45, 7) is 5.90. The van der Waals surface area contributed by atoms with E-state index in [2.05, 4.69) is 36.7 Å². The molecule has 0 unspecified atom stereocenters. The maximum absolute atomic E-state index is 6.02. The van der Waals surface area contributed by atoms with Gasteiger partial charge >= 0.3 is 0 Å². The zero-order valence-corrected chi connectivity index (χ0v) is 11.1. The van der Waals surface area contributed by atoms with Crippen LogP contribution in [0.4, 0.5) is 0 Å². The van der Waals surface area contributed by atoms with E-state index in [4.69, 9.17) is 4.42 Å². The summed E-state index contributed by atoms with van der Waals surface area (Å²) >= 11 is 0. The topological polar surface area (TPSA) is 25.5 Å². The van der Waals surface area contributed by atoms with E-state index in [1.807, 2.05) is 18.2 Å². The van der Waals surface area contributed by atoms with Gasteiger partial charge in [0.1, 0.15) is 11.2 Å². The number of aliphatic imine (C=N–C) groups is 1. The molecule has 0 fully saturated rings. The predicted octanol–water partition coefficient (Wildman–Crippen LogP) is 4.50. The van der Waals surface area contributed by atoms with E-state index in [1.165, 1.54) is 0 Å². The predicted molar refractivity (Wildman–Crippen MR) is 81.1 cm³/mol. The summed E-state index contributed by atoms with van der Waals surface area (Å²) in [5, 5.41) is 2.26. The van der Waals surface area contributed by atoms with Crippen molar-refractivity contribution in [3.8, 4) is 0 Å². The number of allylic oxidation sites excluding steroid dienone is 1. The van der Waals surface area contributed by atoms with E-state index < -0.39 is 0 Å². The Bertz CT molecular complexity index is 809. The standard InChI is InChI=1S/C17H15NO/c1-4-14(18-3)16-11(2)9-10-13-12-7-5-6-8-15(12)19-17(13)16/h4-10H,1H2,2-3H3. The van der Waals surface area contributed by atoms with Gasteiger partial charge in [0.15, 0.2) is 0 Å². The van der Waals surface area contributed by atoms with E-state index in [0.717, 1.165) is 38.8 Å². The van der Waals surface area contributed by atoms with Crippen LogP contribution in [0.3, 0.4) is 0 Å². The molecule has 0 aliphatic carbocycles. The van der Waals surface area contributed by atoms with Crippen LogP contribution in [0.5, 0.6) is 0 Å². The van der Waals surface area contributed by atoms with Gasteiger partial charge in [0.2, 0.25) is 0 Å². The quantitative estimate of drug-likeness (QED) is 0.614. The lowest BCUT2D eigenvalue weighted by molar-refractivity contribution is 0.667. The van der Waals surface area contributed by atoms with Crippen molar-refractivity contribution in [3.63, 3.8) is 0 Å². The number of para-hydroxylation sites is 1. The van der Waals surface area contributed by atoms with Crippen LogP contribution >= 0.6 is 0 Å². The van der Waals surface area contributed by atoms with Crippen molar-refractivity contribution in [2.24, 2.45) is 4.99 Å². The van der Waals surface area contributed by atoms with Gasteiger partial charge < -0.3 is 4.42 Å². The third kappa shape index (κ3) is 1.68. The average Bonchev–Trinajstić information content (AvgIpc) is 2.81. The molecule has 3 aromatic rings. The molecule has 0 spiro atoms. The summed E-state index contributed by atoms with van der Waals surface area (Å²) in [6.07, 6.45) is 1.77. The van der Waals surface area contributed by atoms with E-state index in [0.29, 0.717) is 0 Å². The number of aryl methyl sites for hydroxylation is 1. The molecule has 0 bridgehead atoms. The zero-order valence-electron chi connectivity index (χ0n) is 11.1. The van der Waals surface area contributed by atoms with Crippen LogP contribution in [0.2, 0.25) is 0 Å². The number of rotatable bonds is 2. The molecule has 0 N–H and O–H groups in total. The summed E-state index contributed by atoms with van der Waals surface area (Å²) in [4.78, 5) is 4.30. The van der Waals surface area contributed by atoms with Crippen LogP contribution in [0, 0.1) is 6.92 Å². The highest BCUT2D eigenvalue weighted by molar-refractivity contribution is 6.19. The van der Waals surface area contributed by atoms with Crippen molar-refractivity contribution < 1.29 is 4.42 Å². The summed E-state index contributed by atoms with van der Waals surface area (Å²) in [7, 11) is 1.78. The van der Waals surface area contributed by atoms with Crippen molar-refractivity contribution >= 4 is 27.7 Å². The Kier molecular flexibility index (Phi) is 2.71. The molecule has 1 aromatic heterocycles. The molecule has 2 nitrogen and oxygen atoms in total. The third-order valence-electron chi connectivity index (χ3n) is 3.45. The van der Waals surface area contributed by atoms with Gasteiger partial charge in [-0.3, -0.25) is 4.99 Å². The minimum atomic E-state index is 0.863. The Hall–Kier alpha value is -2.35. The number of benzene rings is 2. The Labute approximate surface area is 112 Å². The molecule has 94 valence electrons. The lowest BCUT2D eigenvalue weighted by Crippen LogP contribution is -1.99. The lowest BCUT2D eigenvalue weighted by atomic mass is 10.00. The first-order valence-corrected chi connectivity index (χ1v) is 6.26. The Morgan fingerprint density at radius 1 is 1.16 bits per heavy atom. The first kappa shape index (κ1) is 11.7. The fourth-order valence-corrected chi connectivity index (χ4v) is 2.51. The van der Waals surface area contributed by atoms with E-state index in [1.54, 1.807) is 13.1 Å². The van der Waals surface area contributed by atoms with Crippen LogP contribution in [-0.2, 0) is 0 Å². The number of furan rings is 1. The SMILES string of the molecule is C=CC(=NC)c1c(C)ccc2c1oc1ccccc12. The van der Waals surface area contributed by atoms with Gasteiger partial charge in [-0.1, -0.05) is 36.9 Å². The lowest BCUT2D eigenvalue weighted by Gasteiger charge is -2.05. The monoisotopic (exact) mass is 249 g/mol. The second-order valence-corrected chi connectivity index (χ2v) is 4.55. The number of hydrogen-bond donors (Lipinski definition) is 0. The van der Waals surface area contributed by atoms with Gasteiger partial charge in [-0.25, -0.2) is 0 Å². The fourth-order valence-electron chi connectivity index (χ4n) is 2.51. The van der Waals surface area contributed by atoms with E-state index >= 15 is 0 Å². The highest BCUT2D eigenvalue weighted by atomic mass is 16.3. The Morgan fingerprint density at radius 3 is 2.68 bits per heavy atom. The smallest absolute Gasteiger partial charge is 0.145 e. The van der Waals surface area contributed by atoms with Gasteiger partial charge in [0.05, 0.1) is 5.71 Å². The summed E-state index contributed by atoms with van der Waals surface area (Å²) in [6, 6.07) is 12.3. The normalized spacial score (nSPS) is 12.2. The molecular formula is C17H15NO. The molecular weight excluding hydrogens is 234 g/mol. The first-order valence-electron chi connectivity index (χ1n) is 6.26. The van der Waals surface area contributed by atoms with Gasteiger partial charge in [0.25, 0.3) is 0 Å². The molecule has 2 heteroatoms. The molecule has 19 heavy (non-hydrogen) atoms. The second kappa shape index (κ2) is 4.39. The van der Waals surface area contributed by atoms with E-state index in [9.17, 15) is 0 Å². The average molecular weight is 249 g/mol. The van der Waals surface area contributed by atoms with Crippen molar-refractivity contribution in [2.45, 2.75) is 6.92 Å². The van der Waals surface area contributed by atoms with Gasteiger partial charge in [-0.05, 0) is 24.6 Å². The Balaban J connectivity index is 2.50. The van der Waals surface area contributed by atoms with E-state index in [-0.39, 0.29) is 0 Å². The third-order valence-corrected chi connectivity index (χ3v) is 3.45. The highest BCUT2D eigenvalue weighted by Gasteiger charge is 2.14. The molecule has 0 aliphatic rings. The van der Waals surface area contributed by atoms with Gasteiger partial charge in [-0.15, -0.1) is 0 Å². The number of fused-ring (bicyclic) bond motifs is 3. The minimum Gasteiger partial charge on any atom is -0.455 e. The molecule has 0 saturated heterocycles. The van der Waals surface area contributed by atoms with Crippen LogP contribution in [0.15, 0.2) is 58.5 Å². The van der Waals surface area contributed by atoms with Crippen LogP contribution in [0.1, 0.15) is 11.1 Å². The highest BCUT2D eigenvalue weighted by Crippen LogP contribution is 2.32. The van der Waals surface area contributed by atoms with Crippen LogP contribution < -0.4 is 0 Å². The Morgan fingerprint density at radius 2 is 1.95 bits per heavy atom. The maximum atomic E-state index is 6.02. The van der Waals surface area contributed by atoms with Crippen molar-refractivity contribution in [1.82, 2.24) is 0 Å². The van der Waals surface area contributed by atoms with Crippen molar-refractivity contribution in [2.75, 3.05) is 7.05 Å². The summed E-state index contributed by atoms with van der Waals surface area (Å²) in [5.74, 6) is 0. The largest absolute Gasteiger partial charge is 0.455 e. The van der Waals surface area contributed by atoms with Gasteiger partial charge in [0, 0.05) is 23.4 Å². The first-order chi connectivity index (χ1) is 9.26. The molecule has 3 rings (SSSR count). The number of nitrogens with zero attached hydrogens (tertiary/aromatic N) is 1. The molecule has 0 radical (unpaired) electrons.